The molecule has 1 rings (SSSR count). The summed E-state index contributed by atoms with van der Waals surface area (Å²) in [5, 5.41) is 11.8. The maximum Gasteiger partial charge on any atom is 0.156 e. The van der Waals surface area contributed by atoms with Gasteiger partial charge in [0.05, 0.1) is 12.6 Å². The Morgan fingerprint density at radius 1 is 1.60 bits per heavy atom. The van der Waals surface area contributed by atoms with Gasteiger partial charge in [-0.3, -0.25) is 4.90 Å². The molecule has 0 aromatic heterocycles. The number of oxime groups is 1. The molecule has 88 valence electrons. The van der Waals surface area contributed by atoms with Gasteiger partial charge >= 0.3 is 0 Å². The Labute approximate surface area is 90.9 Å². The van der Waals surface area contributed by atoms with Crippen LogP contribution in [0.3, 0.4) is 0 Å². The molecular weight excluding hydrogens is 194 g/mol. The molecule has 1 aliphatic rings. The molecule has 1 saturated heterocycles. The average Bonchev–Trinajstić information content (AvgIpc) is 2.29. The van der Waals surface area contributed by atoms with Gasteiger partial charge in [-0.05, 0) is 26.3 Å². The van der Waals surface area contributed by atoms with Gasteiger partial charge in [-0.15, -0.1) is 0 Å². The minimum atomic E-state index is 0.0872. The van der Waals surface area contributed by atoms with Crippen molar-refractivity contribution in [3.05, 3.63) is 0 Å². The van der Waals surface area contributed by atoms with Crippen molar-refractivity contribution in [2.24, 2.45) is 10.9 Å². The van der Waals surface area contributed by atoms with E-state index >= 15 is 0 Å². The van der Waals surface area contributed by atoms with E-state index in [0.717, 1.165) is 32.5 Å². The first-order valence-corrected chi connectivity index (χ1v) is 5.58. The minimum absolute atomic E-state index is 0.0872. The van der Waals surface area contributed by atoms with Crippen LogP contribution in [0.5, 0.6) is 0 Å². The van der Waals surface area contributed by atoms with E-state index in [2.05, 4.69) is 10.1 Å². The van der Waals surface area contributed by atoms with Crippen LogP contribution in [0.25, 0.3) is 0 Å². The lowest BCUT2D eigenvalue weighted by Gasteiger charge is -2.34. The second-order valence-corrected chi connectivity index (χ2v) is 3.77. The third-order valence-electron chi connectivity index (χ3n) is 2.80. The molecule has 1 atom stereocenters. The summed E-state index contributed by atoms with van der Waals surface area (Å²) in [6.07, 6.45) is 3.30. The summed E-state index contributed by atoms with van der Waals surface area (Å²) < 4.78 is 5.31. The maximum atomic E-state index is 8.68. The largest absolute Gasteiger partial charge is 0.409 e. The predicted octanol–water partition coefficient (Wildman–Crippen LogP) is 0.624. The smallest absolute Gasteiger partial charge is 0.156 e. The fourth-order valence-electron chi connectivity index (χ4n) is 1.99. The minimum Gasteiger partial charge on any atom is -0.409 e. The van der Waals surface area contributed by atoms with Gasteiger partial charge in [0, 0.05) is 13.2 Å². The topological polar surface area (TPSA) is 71.1 Å². The maximum absolute atomic E-state index is 8.68. The lowest BCUT2D eigenvalue weighted by Crippen LogP contribution is -2.48. The van der Waals surface area contributed by atoms with Crippen LogP contribution in [0.1, 0.15) is 26.2 Å². The van der Waals surface area contributed by atoms with E-state index in [4.69, 9.17) is 15.7 Å². The molecule has 5 heteroatoms. The number of rotatable bonds is 5. The van der Waals surface area contributed by atoms with E-state index in [1.807, 2.05) is 6.92 Å². The Kier molecular flexibility index (Phi) is 5.42. The third-order valence-corrected chi connectivity index (χ3v) is 2.80. The van der Waals surface area contributed by atoms with E-state index in [1.54, 1.807) is 0 Å². The molecule has 15 heavy (non-hydrogen) atoms. The highest BCUT2D eigenvalue weighted by atomic mass is 16.5. The highest BCUT2D eigenvalue weighted by Crippen LogP contribution is 2.16. The molecular formula is C10H21N3O2. The number of hydrogen-bond donors (Lipinski definition) is 2. The highest BCUT2D eigenvalue weighted by molar-refractivity contribution is 5.85. The van der Waals surface area contributed by atoms with Crippen LogP contribution in [0, 0.1) is 0 Å². The van der Waals surface area contributed by atoms with Crippen molar-refractivity contribution in [3.63, 3.8) is 0 Å². The molecule has 0 spiro atoms. The van der Waals surface area contributed by atoms with Gasteiger partial charge in [0.25, 0.3) is 0 Å². The zero-order chi connectivity index (χ0) is 11.1. The van der Waals surface area contributed by atoms with E-state index in [0.29, 0.717) is 12.4 Å². The predicted molar refractivity (Wildman–Crippen MR) is 59.1 cm³/mol. The normalized spacial score (nSPS) is 24.3. The quantitative estimate of drug-likeness (QED) is 0.232. The molecule has 1 aliphatic heterocycles. The average molecular weight is 215 g/mol. The van der Waals surface area contributed by atoms with Gasteiger partial charge in [-0.1, -0.05) is 11.6 Å². The Morgan fingerprint density at radius 3 is 3.07 bits per heavy atom. The standard InChI is InChI=1S/C10H21N3O2/c1-2-15-8-7-13-6-4-3-5-9(13)10(11)12-14/h9,14H,2-8H2,1H3,(H2,11,12). The molecule has 0 bridgehead atoms. The number of nitrogens with zero attached hydrogens (tertiary/aromatic N) is 2. The number of piperidine rings is 1. The fourth-order valence-corrected chi connectivity index (χ4v) is 1.99. The van der Waals surface area contributed by atoms with E-state index in [1.165, 1.54) is 6.42 Å². The first-order valence-electron chi connectivity index (χ1n) is 5.58. The molecule has 0 aromatic rings. The zero-order valence-corrected chi connectivity index (χ0v) is 9.35. The number of amidine groups is 1. The Bertz CT molecular complexity index is 209. The fraction of sp³-hybridized carbons (Fsp3) is 0.900. The Balaban J connectivity index is 2.43. The van der Waals surface area contributed by atoms with Gasteiger partial charge in [-0.25, -0.2) is 0 Å². The highest BCUT2D eigenvalue weighted by Gasteiger charge is 2.25. The first-order chi connectivity index (χ1) is 7.29. The summed E-state index contributed by atoms with van der Waals surface area (Å²) in [5.41, 5.74) is 5.66. The van der Waals surface area contributed by atoms with Gasteiger partial charge in [0.15, 0.2) is 5.84 Å². The van der Waals surface area contributed by atoms with Crippen LogP contribution in [-0.2, 0) is 4.74 Å². The van der Waals surface area contributed by atoms with E-state index in [9.17, 15) is 0 Å². The molecule has 0 aromatic carbocycles. The molecule has 5 nitrogen and oxygen atoms in total. The lowest BCUT2D eigenvalue weighted by molar-refractivity contribution is 0.0931. The van der Waals surface area contributed by atoms with Gasteiger partial charge in [0.1, 0.15) is 0 Å². The monoisotopic (exact) mass is 215 g/mol. The van der Waals surface area contributed by atoms with Crippen molar-refractivity contribution in [1.29, 1.82) is 0 Å². The van der Waals surface area contributed by atoms with Crippen LogP contribution in [0.4, 0.5) is 0 Å². The van der Waals surface area contributed by atoms with Gasteiger partial charge in [-0.2, -0.15) is 0 Å². The SMILES string of the molecule is CCOCCN1CCCCC1C(N)=NO. The number of hydrogen-bond acceptors (Lipinski definition) is 4. The van der Waals surface area contributed by atoms with Crippen molar-refractivity contribution in [2.45, 2.75) is 32.2 Å². The second kappa shape index (κ2) is 6.63. The summed E-state index contributed by atoms with van der Waals surface area (Å²) in [6, 6.07) is 0.0872. The summed E-state index contributed by atoms with van der Waals surface area (Å²) in [7, 11) is 0. The number of nitrogens with two attached hydrogens (primary N) is 1. The van der Waals surface area contributed by atoms with Crippen LogP contribution in [0.2, 0.25) is 0 Å². The molecule has 1 unspecified atom stereocenters. The Morgan fingerprint density at radius 2 is 2.40 bits per heavy atom. The molecule has 3 N–H and O–H groups in total. The van der Waals surface area contributed by atoms with Crippen LogP contribution >= 0.6 is 0 Å². The van der Waals surface area contributed by atoms with Crippen molar-refractivity contribution in [1.82, 2.24) is 4.90 Å². The summed E-state index contributed by atoms with van der Waals surface area (Å²) >= 11 is 0. The molecule has 1 fully saturated rings. The summed E-state index contributed by atoms with van der Waals surface area (Å²) in [5.74, 6) is 0.325. The molecule has 0 amide bonds. The van der Waals surface area contributed by atoms with E-state index < -0.39 is 0 Å². The van der Waals surface area contributed by atoms with Gasteiger partial charge in [0.2, 0.25) is 0 Å². The number of likely N-dealkylation sites (tertiary alicyclic amines) is 1. The van der Waals surface area contributed by atoms with Crippen LogP contribution < -0.4 is 5.73 Å². The first kappa shape index (κ1) is 12.3. The zero-order valence-electron chi connectivity index (χ0n) is 9.35. The molecule has 0 radical (unpaired) electrons. The van der Waals surface area contributed by atoms with Crippen molar-refractivity contribution in [2.75, 3.05) is 26.3 Å². The molecule has 0 saturated carbocycles. The van der Waals surface area contributed by atoms with Crippen molar-refractivity contribution in [3.8, 4) is 0 Å². The van der Waals surface area contributed by atoms with Gasteiger partial charge < -0.3 is 15.7 Å². The summed E-state index contributed by atoms with van der Waals surface area (Å²) in [4.78, 5) is 2.23. The number of ether oxygens (including phenoxy) is 1. The Hall–Kier alpha value is -0.810. The van der Waals surface area contributed by atoms with Crippen LogP contribution in [0.15, 0.2) is 5.16 Å². The van der Waals surface area contributed by atoms with Crippen molar-refractivity contribution >= 4 is 5.84 Å². The third kappa shape index (κ3) is 3.68. The van der Waals surface area contributed by atoms with Crippen LogP contribution in [-0.4, -0.2) is 48.3 Å². The molecule has 1 heterocycles. The summed E-state index contributed by atoms with van der Waals surface area (Å²) in [6.45, 7) is 5.30. The van der Waals surface area contributed by atoms with Crippen molar-refractivity contribution < 1.29 is 9.94 Å². The lowest BCUT2D eigenvalue weighted by atomic mass is 10.0. The second-order valence-electron chi connectivity index (χ2n) is 3.77. The van der Waals surface area contributed by atoms with E-state index in [-0.39, 0.29) is 6.04 Å². The molecule has 0 aliphatic carbocycles.